The molecule has 3 rings (SSSR count). The van der Waals surface area contributed by atoms with Crippen LogP contribution < -0.4 is 5.32 Å². The van der Waals surface area contributed by atoms with Crippen molar-refractivity contribution in [2.75, 3.05) is 18.8 Å². The van der Waals surface area contributed by atoms with E-state index < -0.39 is 0 Å². The summed E-state index contributed by atoms with van der Waals surface area (Å²) in [5.74, 6) is 1.51. The van der Waals surface area contributed by atoms with E-state index in [0.29, 0.717) is 12.5 Å². The Morgan fingerprint density at radius 1 is 1.22 bits per heavy atom. The van der Waals surface area contributed by atoms with Gasteiger partial charge in [0.05, 0.1) is 11.6 Å². The minimum absolute atomic E-state index is 0.219. The topological polar surface area (TPSA) is 56.1 Å². The molecule has 6 heteroatoms. The van der Waals surface area contributed by atoms with Crippen LogP contribution in [-0.2, 0) is 11.3 Å². The van der Waals surface area contributed by atoms with Crippen molar-refractivity contribution in [3.8, 4) is 6.07 Å². The molecule has 2 saturated heterocycles. The Hall–Kier alpha value is -1.16. The minimum Gasteiger partial charge on any atom is -0.353 e. The first-order valence-electron chi connectivity index (χ1n) is 10.0. The highest BCUT2D eigenvalue weighted by atomic mass is 33.1. The summed E-state index contributed by atoms with van der Waals surface area (Å²) in [6.07, 6.45) is 7.43. The molecule has 2 heterocycles. The van der Waals surface area contributed by atoms with Gasteiger partial charge in [0.15, 0.2) is 0 Å². The lowest BCUT2D eigenvalue weighted by Gasteiger charge is -2.32. The Balaban J connectivity index is 1.30. The van der Waals surface area contributed by atoms with Crippen molar-refractivity contribution in [2.45, 2.75) is 62.8 Å². The molecule has 0 spiro atoms. The number of carbonyl (C=O) groups is 1. The minimum atomic E-state index is 0.219. The molecule has 4 nitrogen and oxygen atoms in total. The Morgan fingerprint density at radius 2 is 2.04 bits per heavy atom. The lowest BCUT2D eigenvalue weighted by Crippen LogP contribution is -2.44. The zero-order chi connectivity index (χ0) is 18.9. The SMILES string of the molecule is N#Cc1ccccc1CN1CCC(NC(=O)CCCCC2CCSS2)CC1. The Morgan fingerprint density at radius 3 is 2.78 bits per heavy atom. The third kappa shape index (κ3) is 6.74. The summed E-state index contributed by atoms with van der Waals surface area (Å²) in [7, 11) is 4.02. The fraction of sp³-hybridized carbons (Fsp3) is 0.619. The van der Waals surface area contributed by atoms with Gasteiger partial charge in [-0.3, -0.25) is 9.69 Å². The molecule has 2 aliphatic heterocycles. The van der Waals surface area contributed by atoms with Gasteiger partial charge in [0.25, 0.3) is 0 Å². The number of benzene rings is 1. The van der Waals surface area contributed by atoms with Gasteiger partial charge in [-0.15, -0.1) is 0 Å². The number of unbranched alkanes of at least 4 members (excludes halogenated alkanes) is 1. The van der Waals surface area contributed by atoms with Gasteiger partial charge in [0.1, 0.15) is 0 Å². The average Bonchev–Trinajstić information content (AvgIpc) is 3.21. The molecule has 0 aromatic heterocycles. The van der Waals surface area contributed by atoms with E-state index in [0.717, 1.165) is 55.3 Å². The van der Waals surface area contributed by atoms with Gasteiger partial charge >= 0.3 is 0 Å². The van der Waals surface area contributed by atoms with Crippen molar-refractivity contribution < 1.29 is 4.79 Å². The number of hydrogen-bond donors (Lipinski definition) is 1. The van der Waals surface area contributed by atoms with Crippen molar-refractivity contribution in [1.29, 1.82) is 5.26 Å². The fourth-order valence-corrected chi connectivity index (χ4v) is 6.79. The normalized spacial score (nSPS) is 21.1. The van der Waals surface area contributed by atoms with Crippen molar-refractivity contribution in [1.82, 2.24) is 10.2 Å². The highest BCUT2D eigenvalue weighted by Crippen LogP contribution is 2.39. The van der Waals surface area contributed by atoms with Crippen LogP contribution in [0.1, 0.15) is 56.1 Å². The lowest BCUT2D eigenvalue weighted by molar-refractivity contribution is -0.122. The third-order valence-electron chi connectivity index (χ3n) is 5.39. The summed E-state index contributed by atoms with van der Waals surface area (Å²) in [6, 6.07) is 10.4. The van der Waals surface area contributed by atoms with Gasteiger partial charge in [0, 0.05) is 43.1 Å². The fourth-order valence-electron chi connectivity index (χ4n) is 3.77. The van der Waals surface area contributed by atoms with E-state index in [2.05, 4.69) is 16.3 Å². The quantitative estimate of drug-likeness (QED) is 0.516. The summed E-state index contributed by atoms with van der Waals surface area (Å²) in [5, 5.41) is 13.3. The molecular formula is C21H29N3OS2. The molecule has 1 amide bonds. The van der Waals surface area contributed by atoms with Crippen LogP contribution in [0.5, 0.6) is 0 Å². The van der Waals surface area contributed by atoms with Crippen LogP contribution in [0.2, 0.25) is 0 Å². The standard InChI is InChI=1S/C21H29N3OS2/c22-15-17-5-1-2-6-18(17)16-24-12-9-19(10-13-24)23-21(25)8-4-3-7-20-11-14-26-27-20/h1-2,5-6,19-20H,3-4,7-14,16H2,(H,23,25). The summed E-state index contributed by atoms with van der Waals surface area (Å²) >= 11 is 0. The molecule has 0 aliphatic carbocycles. The summed E-state index contributed by atoms with van der Waals surface area (Å²) in [5.41, 5.74) is 1.86. The van der Waals surface area contributed by atoms with Crippen LogP contribution >= 0.6 is 21.6 Å². The van der Waals surface area contributed by atoms with Crippen LogP contribution in [0, 0.1) is 11.3 Å². The van der Waals surface area contributed by atoms with Gasteiger partial charge in [-0.05, 0) is 43.7 Å². The molecule has 1 atom stereocenters. The Labute approximate surface area is 170 Å². The van der Waals surface area contributed by atoms with Crippen LogP contribution in [0.3, 0.4) is 0 Å². The van der Waals surface area contributed by atoms with Gasteiger partial charge < -0.3 is 5.32 Å². The Bertz CT molecular complexity index is 647. The Kier molecular flexibility index (Phi) is 8.37. The maximum atomic E-state index is 12.2. The molecule has 1 unspecified atom stereocenters. The van der Waals surface area contributed by atoms with E-state index in [4.69, 9.17) is 0 Å². The van der Waals surface area contributed by atoms with Gasteiger partial charge in [-0.25, -0.2) is 0 Å². The van der Waals surface area contributed by atoms with Crippen molar-refractivity contribution in [3.05, 3.63) is 35.4 Å². The highest BCUT2D eigenvalue weighted by Gasteiger charge is 2.21. The number of hydrogen-bond acceptors (Lipinski definition) is 5. The molecule has 2 aliphatic rings. The average molecular weight is 404 g/mol. The molecule has 1 aromatic rings. The first kappa shape index (κ1) is 20.6. The van der Waals surface area contributed by atoms with E-state index in [1.165, 1.54) is 25.0 Å². The summed E-state index contributed by atoms with van der Waals surface area (Å²) in [6.45, 7) is 2.77. The van der Waals surface area contributed by atoms with Crippen molar-refractivity contribution >= 4 is 27.5 Å². The lowest BCUT2D eigenvalue weighted by atomic mass is 10.0. The predicted molar refractivity (Wildman–Crippen MR) is 115 cm³/mol. The molecule has 0 bridgehead atoms. The number of piperidine rings is 1. The molecule has 1 aromatic carbocycles. The molecule has 0 radical (unpaired) electrons. The maximum absolute atomic E-state index is 12.2. The molecule has 27 heavy (non-hydrogen) atoms. The van der Waals surface area contributed by atoms with Gasteiger partial charge in [0.2, 0.25) is 5.91 Å². The van der Waals surface area contributed by atoms with Crippen molar-refractivity contribution in [2.24, 2.45) is 0 Å². The van der Waals surface area contributed by atoms with E-state index in [1.807, 2.05) is 45.9 Å². The van der Waals surface area contributed by atoms with Gasteiger partial charge in [-0.2, -0.15) is 5.26 Å². The first-order valence-corrected chi connectivity index (χ1v) is 12.4. The van der Waals surface area contributed by atoms with E-state index in [9.17, 15) is 10.1 Å². The molecule has 146 valence electrons. The van der Waals surface area contributed by atoms with Crippen LogP contribution in [0.4, 0.5) is 0 Å². The maximum Gasteiger partial charge on any atom is 0.220 e. The second-order valence-corrected chi connectivity index (χ2v) is 10.2. The van der Waals surface area contributed by atoms with E-state index in [-0.39, 0.29) is 5.91 Å². The number of nitriles is 1. The first-order chi connectivity index (χ1) is 13.2. The number of nitrogens with zero attached hydrogens (tertiary/aromatic N) is 2. The second kappa shape index (κ2) is 11.0. The number of rotatable bonds is 8. The second-order valence-electron chi connectivity index (χ2n) is 7.46. The van der Waals surface area contributed by atoms with E-state index in [1.54, 1.807) is 0 Å². The zero-order valence-electron chi connectivity index (χ0n) is 15.9. The van der Waals surface area contributed by atoms with Gasteiger partial charge in [-0.1, -0.05) is 46.2 Å². The number of amides is 1. The monoisotopic (exact) mass is 403 g/mol. The smallest absolute Gasteiger partial charge is 0.220 e. The number of likely N-dealkylation sites (tertiary alicyclic amines) is 1. The molecular weight excluding hydrogens is 374 g/mol. The van der Waals surface area contributed by atoms with Crippen LogP contribution in [-0.4, -0.2) is 40.9 Å². The van der Waals surface area contributed by atoms with Crippen LogP contribution in [0.15, 0.2) is 24.3 Å². The largest absolute Gasteiger partial charge is 0.353 e. The zero-order valence-corrected chi connectivity index (χ0v) is 17.5. The molecule has 1 N–H and O–H groups in total. The van der Waals surface area contributed by atoms with Crippen LogP contribution in [0.25, 0.3) is 0 Å². The molecule has 2 fully saturated rings. The summed E-state index contributed by atoms with van der Waals surface area (Å²) < 4.78 is 0. The predicted octanol–water partition coefficient (Wildman–Crippen LogP) is 4.35. The highest BCUT2D eigenvalue weighted by molar-refractivity contribution is 8.77. The molecule has 0 saturated carbocycles. The third-order valence-corrected chi connectivity index (χ3v) is 8.40. The van der Waals surface area contributed by atoms with Crippen molar-refractivity contribution in [3.63, 3.8) is 0 Å². The summed E-state index contributed by atoms with van der Waals surface area (Å²) in [4.78, 5) is 14.6. The van der Waals surface area contributed by atoms with E-state index >= 15 is 0 Å². The number of nitrogens with one attached hydrogen (secondary N) is 1. The number of carbonyl (C=O) groups excluding carboxylic acids is 1.